The molecule has 0 saturated carbocycles. The first-order valence-corrected chi connectivity index (χ1v) is 6.19. The molecule has 1 unspecified atom stereocenters. The van der Waals surface area contributed by atoms with E-state index in [9.17, 15) is 9.59 Å². The second kappa shape index (κ2) is 5.34. The van der Waals surface area contributed by atoms with Crippen LogP contribution in [0.15, 0.2) is 22.8 Å². The highest BCUT2D eigenvalue weighted by molar-refractivity contribution is 9.10. The van der Waals surface area contributed by atoms with Crippen LogP contribution in [0.25, 0.3) is 0 Å². The summed E-state index contributed by atoms with van der Waals surface area (Å²) in [6.07, 6.45) is 0.830. The lowest BCUT2D eigenvalue weighted by atomic mass is 10.3. The molecule has 7 heteroatoms. The number of amides is 2. The van der Waals surface area contributed by atoms with Crippen LogP contribution in [0.5, 0.6) is 0 Å². The number of hydrogen-bond acceptors (Lipinski definition) is 4. The largest absolute Gasteiger partial charge is 0.442 e. The van der Waals surface area contributed by atoms with Crippen molar-refractivity contribution in [2.45, 2.75) is 13.0 Å². The Balaban J connectivity index is 2.00. The van der Waals surface area contributed by atoms with Gasteiger partial charge in [-0.2, -0.15) is 0 Å². The Kier molecular flexibility index (Phi) is 3.81. The molecule has 1 aliphatic rings. The topological polar surface area (TPSA) is 71.5 Å². The van der Waals surface area contributed by atoms with Crippen LogP contribution in [0.3, 0.4) is 0 Å². The number of anilines is 1. The van der Waals surface area contributed by atoms with Crippen molar-refractivity contribution in [3.63, 3.8) is 0 Å². The fraction of sp³-hybridized carbons (Fsp3) is 0.364. The summed E-state index contributed by atoms with van der Waals surface area (Å²) in [5, 5.41) is 2.62. The molecule has 1 aliphatic heterocycles. The minimum absolute atomic E-state index is 0.147. The van der Waals surface area contributed by atoms with Crippen molar-refractivity contribution < 1.29 is 14.3 Å². The second-order valence-corrected chi connectivity index (χ2v) is 4.80. The molecule has 18 heavy (non-hydrogen) atoms. The van der Waals surface area contributed by atoms with E-state index in [1.165, 1.54) is 11.8 Å². The van der Waals surface area contributed by atoms with Crippen molar-refractivity contribution in [3.8, 4) is 0 Å². The quantitative estimate of drug-likeness (QED) is 0.913. The van der Waals surface area contributed by atoms with Crippen LogP contribution in [0.4, 0.5) is 10.6 Å². The van der Waals surface area contributed by atoms with E-state index in [0.29, 0.717) is 18.9 Å². The summed E-state index contributed by atoms with van der Waals surface area (Å²) >= 11 is 3.28. The molecule has 2 amide bonds. The summed E-state index contributed by atoms with van der Waals surface area (Å²) in [5.74, 6) is 0.389. The van der Waals surface area contributed by atoms with Crippen molar-refractivity contribution in [1.29, 1.82) is 0 Å². The number of halogens is 1. The smallest absolute Gasteiger partial charge is 0.416 e. The van der Waals surface area contributed by atoms with Crippen LogP contribution < -0.4 is 10.2 Å². The Bertz CT molecular complexity index is 463. The highest BCUT2D eigenvalue weighted by atomic mass is 79.9. The molecule has 6 nitrogen and oxygen atoms in total. The zero-order valence-electron chi connectivity index (χ0n) is 9.72. The summed E-state index contributed by atoms with van der Waals surface area (Å²) in [7, 11) is 0. The predicted molar refractivity (Wildman–Crippen MR) is 68.2 cm³/mol. The van der Waals surface area contributed by atoms with Crippen molar-refractivity contribution in [2.75, 3.05) is 18.0 Å². The van der Waals surface area contributed by atoms with E-state index in [4.69, 9.17) is 4.74 Å². The van der Waals surface area contributed by atoms with Gasteiger partial charge in [-0.25, -0.2) is 9.78 Å². The van der Waals surface area contributed by atoms with Gasteiger partial charge in [0.15, 0.2) is 0 Å². The minimum atomic E-state index is -0.444. The Labute approximate surface area is 112 Å². The van der Waals surface area contributed by atoms with E-state index in [2.05, 4.69) is 26.2 Å². The van der Waals surface area contributed by atoms with Crippen LogP contribution in [0.2, 0.25) is 0 Å². The van der Waals surface area contributed by atoms with Gasteiger partial charge in [-0.3, -0.25) is 9.69 Å². The summed E-state index contributed by atoms with van der Waals surface area (Å²) in [4.78, 5) is 28.0. The first-order chi connectivity index (χ1) is 8.56. The minimum Gasteiger partial charge on any atom is -0.442 e. The molecule has 2 rings (SSSR count). The SMILES string of the molecule is CC(=O)NCC1CN(c2ccc(Br)cn2)C(=O)O1. The van der Waals surface area contributed by atoms with Crippen LogP contribution >= 0.6 is 15.9 Å². The first kappa shape index (κ1) is 12.8. The number of nitrogens with zero attached hydrogens (tertiary/aromatic N) is 2. The summed E-state index contributed by atoms with van der Waals surface area (Å²) in [6, 6.07) is 3.53. The van der Waals surface area contributed by atoms with Gasteiger partial charge >= 0.3 is 6.09 Å². The number of pyridine rings is 1. The van der Waals surface area contributed by atoms with E-state index < -0.39 is 6.09 Å². The number of hydrogen-bond donors (Lipinski definition) is 1. The number of carbonyl (C=O) groups excluding carboxylic acids is 2. The number of rotatable bonds is 3. The van der Waals surface area contributed by atoms with Gasteiger partial charge in [0.2, 0.25) is 5.91 Å². The lowest BCUT2D eigenvalue weighted by molar-refractivity contribution is -0.119. The third-order valence-electron chi connectivity index (χ3n) is 2.44. The molecular formula is C11H12BrN3O3. The number of ether oxygens (including phenoxy) is 1. The fourth-order valence-corrected chi connectivity index (χ4v) is 1.83. The van der Waals surface area contributed by atoms with Crippen molar-refractivity contribution in [2.24, 2.45) is 0 Å². The maximum Gasteiger partial charge on any atom is 0.416 e. The molecule has 1 aromatic heterocycles. The van der Waals surface area contributed by atoms with Gasteiger partial charge in [-0.15, -0.1) is 0 Å². The highest BCUT2D eigenvalue weighted by Gasteiger charge is 2.32. The summed E-state index contributed by atoms with van der Waals surface area (Å²) in [5.41, 5.74) is 0. The van der Waals surface area contributed by atoms with Gasteiger partial charge in [0.25, 0.3) is 0 Å². The molecule has 0 bridgehead atoms. The average molecular weight is 314 g/mol. The third kappa shape index (κ3) is 2.98. The van der Waals surface area contributed by atoms with Gasteiger partial charge in [0, 0.05) is 17.6 Å². The summed E-state index contributed by atoms with van der Waals surface area (Å²) < 4.78 is 5.97. The number of nitrogens with one attached hydrogen (secondary N) is 1. The zero-order valence-corrected chi connectivity index (χ0v) is 11.3. The Morgan fingerprint density at radius 2 is 2.44 bits per heavy atom. The predicted octanol–water partition coefficient (Wildman–Crippen LogP) is 1.31. The molecule has 1 aromatic rings. The Hall–Kier alpha value is -1.63. The molecule has 1 N–H and O–H groups in total. The van der Waals surface area contributed by atoms with Gasteiger partial charge in [-0.1, -0.05) is 0 Å². The summed E-state index contributed by atoms with van der Waals surface area (Å²) in [6.45, 7) is 2.12. The van der Waals surface area contributed by atoms with Gasteiger partial charge in [-0.05, 0) is 28.1 Å². The van der Waals surface area contributed by atoms with E-state index in [0.717, 1.165) is 4.47 Å². The van der Waals surface area contributed by atoms with Crippen molar-refractivity contribution in [3.05, 3.63) is 22.8 Å². The molecule has 1 atom stereocenters. The zero-order chi connectivity index (χ0) is 13.1. The van der Waals surface area contributed by atoms with Crippen LogP contribution in [0, 0.1) is 0 Å². The molecule has 0 aromatic carbocycles. The van der Waals surface area contributed by atoms with E-state index >= 15 is 0 Å². The normalized spacial score (nSPS) is 18.7. The number of cyclic esters (lactones) is 1. The molecule has 2 heterocycles. The average Bonchev–Trinajstić information content (AvgIpc) is 2.69. The standard InChI is InChI=1S/C11H12BrN3O3/c1-7(16)13-5-9-6-15(11(17)18-9)10-3-2-8(12)4-14-10/h2-4,9H,5-6H2,1H3,(H,13,16). The van der Waals surface area contributed by atoms with Gasteiger partial charge in [0.1, 0.15) is 11.9 Å². The first-order valence-electron chi connectivity index (χ1n) is 5.40. The molecule has 96 valence electrons. The fourth-order valence-electron chi connectivity index (χ4n) is 1.60. The van der Waals surface area contributed by atoms with Crippen LogP contribution in [-0.4, -0.2) is 36.2 Å². The molecule has 1 fully saturated rings. The molecule has 0 radical (unpaired) electrons. The van der Waals surface area contributed by atoms with Gasteiger partial charge in [0.05, 0.1) is 13.1 Å². The third-order valence-corrected chi connectivity index (χ3v) is 2.91. The molecule has 0 aliphatic carbocycles. The second-order valence-electron chi connectivity index (χ2n) is 3.89. The number of aromatic nitrogens is 1. The monoisotopic (exact) mass is 313 g/mol. The molecular weight excluding hydrogens is 302 g/mol. The lowest BCUT2D eigenvalue weighted by Gasteiger charge is -2.11. The Morgan fingerprint density at radius 1 is 1.67 bits per heavy atom. The van der Waals surface area contributed by atoms with E-state index in [1.807, 2.05) is 0 Å². The maximum absolute atomic E-state index is 11.7. The highest BCUT2D eigenvalue weighted by Crippen LogP contribution is 2.20. The molecule has 1 saturated heterocycles. The molecule has 0 spiro atoms. The van der Waals surface area contributed by atoms with Crippen molar-refractivity contribution >= 4 is 33.7 Å². The lowest BCUT2D eigenvalue weighted by Crippen LogP contribution is -2.33. The van der Waals surface area contributed by atoms with Crippen LogP contribution in [-0.2, 0) is 9.53 Å². The van der Waals surface area contributed by atoms with Crippen LogP contribution in [0.1, 0.15) is 6.92 Å². The maximum atomic E-state index is 11.7. The van der Waals surface area contributed by atoms with E-state index in [-0.39, 0.29) is 12.0 Å². The van der Waals surface area contributed by atoms with Crippen molar-refractivity contribution in [1.82, 2.24) is 10.3 Å². The Morgan fingerprint density at radius 3 is 3.06 bits per heavy atom. The van der Waals surface area contributed by atoms with E-state index in [1.54, 1.807) is 18.3 Å². The number of carbonyl (C=O) groups is 2. The van der Waals surface area contributed by atoms with Gasteiger partial charge < -0.3 is 10.1 Å².